The Bertz CT molecular complexity index is 785. The van der Waals surface area contributed by atoms with Crippen LogP contribution in [0.4, 0.5) is 9.18 Å². The van der Waals surface area contributed by atoms with E-state index in [4.69, 9.17) is 4.84 Å². The molecule has 0 spiro atoms. The molecule has 0 saturated carbocycles. The van der Waals surface area contributed by atoms with Crippen molar-refractivity contribution in [1.82, 2.24) is 20.1 Å². The smallest absolute Gasteiger partial charge is 0.345 e. The minimum Gasteiger partial charge on any atom is -0.349 e. The molecule has 0 aliphatic carbocycles. The van der Waals surface area contributed by atoms with Crippen molar-refractivity contribution < 1.29 is 23.6 Å². The normalized spacial score (nSPS) is 29.0. The molecule has 1 N–H and O–H groups in total. The molecule has 0 aromatic heterocycles. The summed E-state index contributed by atoms with van der Waals surface area (Å²) in [7, 11) is 1.32. The van der Waals surface area contributed by atoms with E-state index in [1.165, 1.54) is 17.4 Å². The number of nitrogens with one attached hydrogen (secondary N) is 1. The lowest BCUT2D eigenvalue weighted by molar-refractivity contribution is -0.140. The van der Waals surface area contributed by atoms with E-state index >= 15 is 0 Å². The van der Waals surface area contributed by atoms with Gasteiger partial charge < -0.3 is 19.8 Å². The van der Waals surface area contributed by atoms with E-state index < -0.39 is 18.3 Å². The lowest BCUT2D eigenvalue weighted by atomic mass is 9.89. The van der Waals surface area contributed by atoms with Crippen molar-refractivity contribution in [3.05, 3.63) is 35.9 Å². The lowest BCUT2D eigenvalue weighted by Crippen LogP contribution is -2.57. The Kier molecular flexibility index (Phi) is 6.33. The summed E-state index contributed by atoms with van der Waals surface area (Å²) >= 11 is 0. The Morgan fingerprint density at radius 3 is 2.77 bits per heavy atom. The monoisotopic (exact) mass is 415 g/mol. The van der Waals surface area contributed by atoms with Gasteiger partial charge in [-0.2, -0.15) is 5.06 Å². The Morgan fingerprint density at radius 1 is 1.23 bits per heavy atom. The molecule has 30 heavy (non-hydrogen) atoms. The third-order valence-electron chi connectivity index (χ3n) is 6.01. The van der Waals surface area contributed by atoms with Crippen LogP contribution in [0.1, 0.15) is 24.8 Å². The first-order valence-corrected chi connectivity index (χ1v) is 10.3. The number of carbonyl (C=O) groups is 3. The van der Waals surface area contributed by atoms with Gasteiger partial charge in [-0.05, 0) is 31.4 Å². The van der Waals surface area contributed by atoms with Gasteiger partial charge in [0.1, 0.15) is 18.8 Å². The molecule has 3 saturated heterocycles. The molecule has 3 fully saturated rings. The molecule has 3 aliphatic heterocycles. The maximum atomic E-state index is 14.4. The van der Waals surface area contributed by atoms with Crippen LogP contribution in [0.3, 0.4) is 0 Å². The molecule has 0 unspecified atom stereocenters. The summed E-state index contributed by atoms with van der Waals surface area (Å²) in [4.78, 5) is 45.1. The van der Waals surface area contributed by atoms with Crippen LogP contribution in [0.15, 0.2) is 30.3 Å². The second-order valence-corrected chi connectivity index (χ2v) is 7.97. The second kappa shape index (κ2) is 9.14. The average Bonchev–Trinajstić information content (AvgIpc) is 2.99. The predicted molar refractivity (Wildman–Crippen MR) is 108 cm³/mol. The number of alkyl halides is 1. The van der Waals surface area contributed by atoms with Crippen LogP contribution >= 0.6 is 0 Å². The minimum atomic E-state index is -1.27. The molecular formula is C20H25BFN4O4. The van der Waals surface area contributed by atoms with E-state index in [-0.39, 0.29) is 31.1 Å². The SMILES string of the molecule is O=C[B]N1CC[C@H](NC(=O)[C@@H]2CC[C@@H]3CN2C(=O)N3OCc2ccccc2)[C@H](F)C1. The first kappa shape index (κ1) is 20.8. The van der Waals surface area contributed by atoms with Gasteiger partial charge in [0.25, 0.3) is 7.41 Å². The van der Waals surface area contributed by atoms with Gasteiger partial charge in [0, 0.05) is 13.1 Å². The highest BCUT2D eigenvalue weighted by molar-refractivity contribution is 6.64. The molecule has 10 heteroatoms. The summed E-state index contributed by atoms with van der Waals surface area (Å²) in [5.41, 5.74) is 0.961. The summed E-state index contributed by atoms with van der Waals surface area (Å²) in [6.45, 7) is 1.28. The van der Waals surface area contributed by atoms with Crippen LogP contribution in [0.25, 0.3) is 0 Å². The fraction of sp³-hybridized carbons (Fsp3) is 0.550. The molecule has 1 radical (unpaired) electrons. The quantitative estimate of drug-likeness (QED) is 0.525. The third kappa shape index (κ3) is 4.34. The van der Waals surface area contributed by atoms with Gasteiger partial charge in [-0.1, -0.05) is 30.3 Å². The first-order chi connectivity index (χ1) is 14.6. The summed E-state index contributed by atoms with van der Waals surface area (Å²) in [6.07, 6.45) is 0.945. The fourth-order valence-electron chi connectivity index (χ4n) is 4.38. The number of piperidine rings is 2. The molecule has 159 valence electrons. The van der Waals surface area contributed by atoms with Crippen LogP contribution in [-0.2, 0) is 21.0 Å². The van der Waals surface area contributed by atoms with Gasteiger partial charge in [0.05, 0.1) is 18.3 Å². The van der Waals surface area contributed by atoms with Gasteiger partial charge in [-0.15, -0.1) is 0 Å². The fourth-order valence-corrected chi connectivity index (χ4v) is 4.38. The molecule has 4 atom stereocenters. The van der Waals surface area contributed by atoms with Crippen molar-refractivity contribution in [3.8, 4) is 0 Å². The van der Waals surface area contributed by atoms with Crippen molar-refractivity contribution in [2.75, 3.05) is 19.6 Å². The number of hydroxylamine groups is 2. The first-order valence-electron chi connectivity index (χ1n) is 10.3. The molecular weight excluding hydrogens is 390 g/mol. The molecule has 3 aliphatic rings. The number of urea groups is 1. The van der Waals surface area contributed by atoms with Crippen molar-refractivity contribution in [3.63, 3.8) is 0 Å². The molecule has 3 heterocycles. The number of carbonyl (C=O) groups excluding carboxylic acids is 3. The van der Waals surface area contributed by atoms with E-state index in [1.807, 2.05) is 30.3 Å². The van der Waals surface area contributed by atoms with E-state index in [9.17, 15) is 18.8 Å². The Morgan fingerprint density at radius 2 is 2.03 bits per heavy atom. The van der Waals surface area contributed by atoms with Gasteiger partial charge in [-0.25, -0.2) is 9.18 Å². The Balaban J connectivity index is 1.32. The number of rotatable bonds is 7. The highest BCUT2D eigenvalue weighted by Crippen LogP contribution is 2.31. The maximum absolute atomic E-state index is 14.4. The Hall–Kier alpha value is -2.46. The van der Waals surface area contributed by atoms with Crippen LogP contribution < -0.4 is 5.32 Å². The third-order valence-corrected chi connectivity index (χ3v) is 6.01. The number of benzene rings is 1. The van der Waals surface area contributed by atoms with Gasteiger partial charge in [0.15, 0.2) is 0 Å². The molecule has 2 bridgehead atoms. The largest absolute Gasteiger partial charge is 0.349 e. The summed E-state index contributed by atoms with van der Waals surface area (Å²) in [5, 5.41) is 4.16. The summed E-state index contributed by atoms with van der Waals surface area (Å²) in [6, 6.07) is 7.95. The Labute approximate surface area is 175 Å². The average molecular weight is 415 g/mol. The zero-order valence-corrected chi connectivity index (χ0v) is 16.7. The lowest BCUT2D eigenvalue weighted by Gasteiger charge is -2.36. The highest BCUT2D eigenvalue weighted by atomic mass is 19.1. The summed E-state index contributed by atoms with van der Waals surface area (Å²) < 4.78 is 14.4. The van der Waals surface area contributed by atoms with Crippen molar-refractivity contribution in [2.24, 2.45) is 0 Å². The minimum absolute atomic E-state index is 0.0696. The topological polar surface area (TPSA) is 82.2 Å². The van der Waals surface area contributed by atoms with Crippen molar-refractivity contribution in [1.29, 1.82) is 0 Å². The standard InChI is InChI=1S/C20H25BFN4O4/c22-16-11-24(21-13-27)9-8-17(16)23-19(28)18-7-6-15-10-25(18)20(29)26(15)30-12-14-4-2-1-3-5-14/h1-5,13,15-18H,6-12H2,(H,23,28)/t15-,16-,17+,18+/m1/s1. The number of nitrogens with zero attached hydrogens (tertiary/aromatic N) is 3. The molecule has 1 aromatic rings. The maximum Gasteiger partial charge on any atom is 0.345 e. The van der Waals surface area contributed by atoms with E-state index in [1.54, 1.807) is 4.81 Å². The molecule has 8 nitrogen and oxygen atoms in total. The zero-order chi connectivity index (χ0) is 21.1. The van der Waals surface area contributed by atoms with Crippen LogP contribution in [0, 0.1) is 0 Å². The number of hydrogen-bond donors (Lipinski definition) is 1. The number of fused-ring (bicyclic) bond motifs is 2. The van der Waals surface area contributed by atoms with E-state index in [0.717, 1.165) is 5.56 Å². The molecule has 1 aromatic carbocycles. The number of halogens is 1. The van der Waals surface area contributed by atoms with Crippen molar-refractivity contribution in [2.45, 2.75) is 50.2 Å². The van der Waals surface area contributed by atoms with Crippen molar-refractivity contribution >= 4 is 25.5 Å². The number of hydrogen-bond acceptors (Lipinski definition) is 5. The zero-order valence-electron chi connectivity index (χ0n) is 16.7. The molecule has 3 amide bonds. The predicted octanol–water partition coefficient (Wildman–Crippen LogP) is 0.725. The van der Waals surface area contributed by atoms with Gasteiger partial charge >= 0.3 is 6.03 Å². The molecule has 4 rings (SSSR count). The second-order valence-electron chi connectivity index (χ2n) is 7.97. The van der Waals surface area contributed by atoms with Crippen LogP contribution in [0.5, 0.6) is 0 Å². The van der Waals surface area contributed by atoms with Crippen LogP contribution in [-0.4, -0.2) is 84.2 Å². The van der Waals surface area contributed by atoms with Gasteiger partial charge in [-0.3, -0.25) is 9.63 Å². The van der Waals surface area contributed by atoms with Gasteiger partial charge in [0.2, 0.25) is 5.91 Å². The van der Waals surface area contributed by atoms with E-state index in [2.05, 4.69) is 5.32 Å². The van der Waals surface area contributed by atoms with E-state index in [0.29, 0.717) is 38.5 Å². The van der Waals surface area contributed by atoms with Crippen LogP contribution in [0.2, 0.25) is 0 Å². The number of amides is 3. The summed E-state index contributed by atoms with van der Waals surface area (Å²) in [5.74, 6) is -0.327. The highest BCUT2D eigenvalue weighted by Gasteiger charge is 2.48.